The van der Waals surface area contributed by atoms with Gasteiger partial charge in [-0.3, -0.25) is 0 Å². The Hall–Kier alpha value is -0.860. The van der Waals surface area contributed by atoms with Gasteiger partial charge in [0.25, 0.3) is 0 Å². The molecule has 0 saturated carbocycles. The lowest BCUT2D eigenvalue weighted by molar-refractivity contribution is 0.0815. The Balaban J connectivity index is 0.000000581. The number of hydrogen-bond donors (Lipinski definition) is 1. The largest absolute Gasteiger partial charge is 0.379 e. The van der Waals surface area contributed by atoms with Gasteiger partial charge in [-0.2, -0.15) is 0 Å². The maximum Gasteiger partial charge on any atom is 0.0806 e. The zero-order valence-corrected chi connectivity index (χ0v) is 12.1. The van der Waals surface area contributed by atoms with Crippen LogP contribution in [0.25, 0.3) is 0 Å². The molecule has 2 heteroatoms. The topological polar surface area (TPSA) is 21.3 Å². The van der Waals surface area contributed by atoms with Crippen LogP contribution >= 0.6 is 0 Å². The van der Waals surface area contributed by atoms with E-state index in [9.17, 15) is 0 Å². The van der Waals surface area contributed by atoms with E-state index >= 15 is 0 Å². The van der Waals surface area contributed by atoms with Crippen LogP contribution in [0, 0.1) is 0 Å². The molecule has 1 N–H and O–H groups in total. The van der Waals surface area contributed by atoms with Crippen LogP contribution in [0.1, 0.15) is 44.9 Å². The van der Waals surface area contributed by atoms with E-state index in [0.717, 1.165) is 6.42 Å². The van der Waals surface area contributed by atoms with E-state index in [1.807, 2.05) is 34.7 Å². The zero-order valence-electron chi connectivity index (χ0n) is 12.1. The number of benzene rings is 1. The highest BCUT2D eigenvalue weighted by molar-refractivity contribution is 5.36. The second kappa shape index (κ2) is 9.20. The van der Waals surface area contributed by atoms with Crippen LogP contribution in [0.4, 0.5) is 0 Å². The van der Waals surface area contributed by atoms with Crippen molar-refractivity contribution in [2.45, 2.75) is 46.3 Å². The van der Waals surface area contributed by atoms with Crippen molar-refractivity contribution in [2.24, 2.45) is 0 Å². The molecular formula is C15H27NO. The van der Waals surface area contributed by atoms with Crippen LogP contribution in [0.5, 0.6) is 0 Å². The first kappa shape index (κ1) is 16.1. The summed E-state index contributed by atoms with van der Waals surface area (Å²) in [7, 11) is 3.76. The Morgan fingerprint density at radius 2 is 1.71 bits per heavy atom. The second-order valence-corrected chi connectivity index (χ2v) is 3.44. The molecule has 0 bridgehead atoms. The number of nitrogens with one attached hydrogen (secondary N) is 1. The van der Waals surface area contributed by atoms with E-state index in [1.165, 1.54) is 11.1 Å². The smallest absolute Gasteiger partial charge is 0.0806 e. The van der Waals surface area contributed by atoms with Gasteiger partial charge >= 0.3 is 0 Å². The van der Waals surface area contributed by atoms with Crippen LogP contribution in [0.3, 0.4) is 0 Å². The van der Waals surface area contributed by atoms with Crippen molar-refractivity contribution in [1.82, 2.24) is 5.32 Å². The van der Waals surface area contributed by atoms with Crippen molar-refractivity contribution in [3.8, 4) is 0 Å². The third kappa shape index (κ3) is 3.83. The summed E-state index contributed by atoms with van der Waals surface area (Å²) in [5, 5.41) is 3.30. The molecule has 0 spiro atoms. The van der Waals surface area contributed by atoms with E-state index in [4.69, 9.17) is 4.74 Å². The van der Waals surface area contributed by atoms with Gasteiger partial charge in [-0.05, 0) is 18.2 Å². The molecule has 2 atom stereocenters. The van der Waals surface area contributed by atoms with Crippen molar-refractivity contribution in [1.29, 1.82) is 0 Å². The van der Waals surface area contributed by atoms with Gasteiger partial charge in [-0.25, -0.2) is 0 Å². The minimum Gasteiger partial charge on any atom is -0.379 e. The van der Waals surface area contributed by atoms with E-state index in [0.29, 0.717) is 12.1 Å². The minimum atomic E-state index is 0.294. The summed E-state index contributed by atoms with van der Waals surface area (Å²) in [5.74, 6) is 0. The van der Waals surface area contributed by atoms with Crippen LogP contribution in [0.2, 0.25) is 0 Å². The van der Waals surface area contributed by atoms with Gasteiger partial charge in [0.2, 0.25) is 0 Å². The summed E-state index contributed by atoms with van der Waals surface area (Å²) >= 11 is 0. The summed E-state index contributed by atoms with van der Waals surface area (Å²) in [4.78, 5) is 0. The van der Waals surface area contributed by atoms with E-state index in [1.54, 1.807) is 7.11 Å². The molecule has 98 valence electrons. The zero-order chi connectivity index (χ0) is 13.3. The summed E-state index contributed by atoms with van der Waals surface area (Å²) in [6.45, 7) is 8.00. The Labute approximate surface area is 106 Å². The fourth-order valence-electron chi connectivity index (χ4n) is 2.12. The van der Waals surface area contributed by atoms with Crippen molar-refractivity contribution in [3.63, 3.8) is 0 Å². The maximum atomic E-state index is 5.43. The van der Waals surface area contributed by atoms with Gasteiger partial charge in [0, 0.05) is 13.5 Å². The third-order valence-electron chi connectivity index (χ3n) is 2.80. The molecule has 1 aliphatic rings. The number of fused-ring (bicyclic) bond motifs is 1. The highest BCUT2D eigenvalue weighted by atomic mass is 16.5. The highest BCUT2D eigenvalue weighted by Crippen LogP contribution is 2.32. The monoisotopic (exact) mass is 237 g/mol. The Morgan fingerprint density at radius 1 is 1.12 bits per heavy atom. The third-order valence-corrected chi connectivity index (χ3v) is 2.80. The number of rotatable bonds is 2. The van der Waals surface area contributed by atoms with Gasteiger partial charge in [-0.1, -0.05) is 52.0 Å². The SMILES string of the molecule is CC.CC.CNC1c2ccccc2CC1OC. The summed E-state index contributed by atoms with van der Waals surface area (Å²) in [5.41, 5.74) is 2.80. The number of likely N-dealkylation sites (N-methyl/N-ethyl adjacent to an activating group) is 1. The summed E-state index contributed by atoms with van der Waals surface area (Å²) < 4.78 is 5.43. The molecule has 1 aromatic rings. The number of methoxy groups -OCH3 is 1. The lowest BCUT2D eigenvalue weighted by Crippen LogP contribution is -2.27. The Kier molecular flexibility index (Phi) is 8.73. The normalized spacial score (nSPS) is 20.6. The lowest BCUT2D eigenvalue weighted by Gasteiger charge is -2.17. The molecule has 0 aromatic heterocycles. The molecule has 0 amide bonds. The average Bonchev–Trinajstić information content (AvgIpc) is 2.80. The van der Waals surface area contributed by atoms with E-state index in [2.05, 4.69) is 29.6 Å². The molecular weight excluding hydrogens is 210 g/mol. The molecule has 2 unspecified atom stereocenters. The number of hydrogen-bond acceptors (Lipinski definition) is 2. The first-order chi connectivity index (χ1) is 8.36. The summed E-state index contributed by atoms with van der Waals surface area (Å²) in [6.07, 6.45) is 1.32. The maximum absolute atomic E-state index is 5.43. The molecule has 2 rings (SSSR count). The molecule has 0 saturated heterocycles. The van der Waals surface area contributed by atoms with Gasteiger partial charge in [0.1, 0.15) is 0 Å². The van der Waals surface area contributed by atoms with Crippen LogP contribution in [0.15, 0.2) is 24.3 Å². The van der Waals surface area contributed by atoms with Crippen molar-refractivity contribution < 1.29 is 4.74 Å². The molecule has 0 fully saturated rings. The van der Waals surface area contributed by atoms with E-state index < -0.39 is 0 Å². The van der Waals surface area contributed by atoms with E-state index in [-0.39, 0.29) is 0 Å². The molecule has 1 aromatic carbocycles. The van der Waals surface area contributed by atoms with Crippen molar-refractivity contribution in [3.05, 3.63) is 35.4 Å². The van der Waals surface area contributed by atoms with Gasteiger partial charge in [-0.15, -0.1) is 0 Å². The van der Waals surface area contributed by atoms with Crippen molar-refractivity contribution in [2.75, 3.05) is 14.2 Å². The molecule has 0 aliphatic heterocycles. The molecule has 1 aliphatic carbocycles. The predicted molar refractivity (Wildman–Crippen MR) is 75.4 cm³/mol. The highest BCUT2D eigenvalue weighted by Gasteiger charge is 2.30. The first-order valence-corrected chi connectivity index (χ1v) is 6.64. The van der Waals surface area contributed by atoms with Gasteiger partial charge < -0.3 is 10.1 Å². The number of ether oxygens (including phenoxy) is 1. The quantitative estimate of drug-likeness (QED) is 0.849. The fraction of sp³-hybridized carbons (Fsp3) is 0.600. The summed E-state index contributed by atoms with van der Waals surface area (Å²) in [6, 6.07) is 8.89. The first-order valence-electron chi connectivity index (χ1n) is 6.64. The van der Waals surface area contributed by atoms with Crippen molar-refractivity contribution >= 4 is 0 Å². The Morgan fingerprint density at radius 3 is 2.24 bits per heavy atom. The van der Waals surface area contributed by atoms with Crippen LogP contribution in [-0.4, -0.2) is 20.3 Å². The molecule has 0 radical (unpaired) electrons. The molecule has 2 nitrogen and oxygen atoms in total. The minimum absolute atomic E-state index is 0.294. The van der Waals surface area contributed by atoms with Crippen LogP contribution < -0.4 is 5.32 Å². The lowest BCUT2D eigenvalue weighted by atomic mass is 10.1. The van der Waals surface area contributed by atoms with Crippen LogP contribution in [-0.2, 0) is 11.2 Å². The Bertz CT molecular complexity index is 299. The fourth-order valence-corrected chi connectivity index (χ4v) is 2.12. The second-order valence-electron chi connectivity index (χ2n) is 3.44. The van der Waals surface area contributed by atoms with Gasteiger partial charge in [0.15, 0.2) is 0 Å². The van der Waals surface area contributed by atoms with Gasteiger partial charge in [0.05, 0.1) is 12.1 Å². The molecule has 0 heterocycles. The predicted octanol–water partition coefficient (Wildman–Crippen LogP) is 3.57. The standard InChI is InChI=1S/C11H15NO.2C2H6/c1-12-11-9-6-4-3-5-8(9)7-10(11)13-2;2*1-2/h3-6,10-12H,7H2,1-2H3;2*1-2H3. The average molecular weight is 237 g/mol. The molecule has 17 heavy (non-hydrogen) atoms.